The summed E-state index contributed by atoms with van der Waals surface area (Å²) < 4.78 is 40.1. The molecule has 0 fully saturated rings. The van der Waals surface area contributed by atoms with Gasteiger partial charge >= 0.3 is 0 Å². The first-order valence-electron chi connectivity index (χ1n) is 9.55. The Morgan fingerprint density at radius 1 is 1.10 bits per heavy atom. The molecule has 1 N–H and O–H groups in total. The van der Waals surface area contributed by atoms with Crippen molar-refractivity contribution in [2.24, 2.45) is 0 Å². The minimum atomic E-state index is -3.76. The third kappa shape index (κ3) is 6.89. The van der Waals surface area contributed by atoms with E-state index >= 15 is 0 Å². The van der Waals surface area contributed by atoms with Gasteiger partial charge in [-0.25, -0.2) is 12.8 Å². The predicted molar refractivity (Wildman–Crippen MR) is 126 cm³/mol. The van der Waals surface area contributed by atoms with E-state index in [0.29, 0.717) is 17.7 Å². The molecule has 2 amide bonds. The lowest BCUT2D eigenvalue weighted by Crippen LogP contribution is -2.51. The van der Waals surface area contributed by atoms with E-state index in [1.165, 1.54) is 36.2 Å². The number of nitrogens with one attached hydrogen (secondary N) is 1. The van der Waals surface area contributed by atoms with Gasteiger partial charge in [0.15, 0.2) is 0 Å². The normalized spacial score (nSPS) is 12.2. The number of likely N-dealkylation sites (N-methyl/N-ethyl adjacent to an activating group) is 1. The second-order valence-corrected chi connectivity index (χ2v) is 10.1. The summed E-state index contributed by atoms with van der Waals surface area (Å²) in [6.45, 7) is 1.34. The van der Waals surface area contributed by atoms with Gasteiger partial charge in [-0.1, -0.05) is 19.1 Å². The number of hydrogen-bond acceptors (Lipinski definition) is 4. The van der Waals surface area contributed by atoms with E-state index in [1.54, 1.807) is 31.2 Å². The van der Waals surface area contributed by atoms with Crippen LogP contribution in [0.25, 0.3) is 0 Å². The minimum Gasteiger partial charge on any atom is -0.357 e. The maximum absolute atomic E-state index is 13.3. The van der Waals surface area contributed by atoms with Gasteiger partial charge in [0.05, 0.1) is 11.9 Å². The van der Waals surface area contributed by atoms with Gasteiger partial charge in [0, 0.05) is 17.2 Å². The number of anilines is 1. The monoisotopic (exact) mass is 561 g/mol. The summed E-state index contributed by atoms with van der Waals surface area (Å²) in [6, 6.07) is 11.5. The molecule has 0 aliphatic heterocycles. The Kier molecular flexibility index (Phi) is 8.80. The SMILES string of the molecule is CC[C@H](C(=O)NC)N(Cc1ccc(F)cc1)C(=O)CN(c1ccc(I)cc1)S(C)(=O)=O. The number of carbonyl (C=O) groups is 2. The van der Waals surface area contributed by atoms with E-state index in [-0.39, 0.29) is 12.5 Å². The lowest BCUT2D eigenvalue weighted by Gasteiger charge is -2.32. The van der Waals surface area contributed by atoms with Crippen LogP contribution in [-0.4, -0.2) is 51.0 Å². The number of sulfonamides is 1. The molecule has 2 rings (SSSR count). The van der Waals surface area contributed by atoms with Crippen LogP contribution in [0, 0.1) is 9.39 Å². The fraction of sp³-hybridized carbons (Fsp3) is 0.333. The van der Waals surface area contributed by atoms with Crippen molar-refractivity contribution in [3.05, 3.63) is 63.5 Å². The average Bonchev–Trinajstić information content (AvgIpc) is 2.72. The van der Waals surface area contributed by atoms with Gasteiger partial charge in [-0.05, 0) is 71.0 Å². The highest BCUT2D eigenvalue weighted by Gasteiger charge is 2.31. The molecule has 0 saturated carbocycles. The van der Waals surface area contributed by atoms with E-state index in [9.17, 15) is 22.4 Å². The zero-order valence-electron chi connectivity index (χ0n) is 17.5. The summed E-state index contributed by atoms with van der Waals surface area (Å²) in [5.41, 5.74) is 0.975. The highest BCUT2D eigenvalue weighted by Crippen LogP contribution is 2.21. The van der Waals surface area contributed by atoms with Gasteiger partial charge in [-0.2, -0.15) is 0 Å². The Bertz CT molecular complexity index is 1010. The summed E-state index contributed by atoms with van der Waals surface area (Å²) in [7, 11) is -2.29. The molecule has 0 aromatic heterocycles. The van der Waals surface area contributed by atoms with Crippen molar-refractivity contribution >= 4 is 50.1 Å². The Balaban J connectivity index is 2.40. The zero-order valence-corrected chi connectivity index (χ0v) is 20.5. The second kappa shape index (κ2) is 10.9. The van der Waals surface area contributed by atoms with Crippen LogP contribution in [0.5, 0.6) is 0 Å². The van der Waals surface area contributed by atoms with Gasteiger partial charge in [-0.3, -0.25) is 13.9 Å². The third-order valence-corrected chi connectivity index (χ3v) is 6.55. The molecule has 2 aromatic carbocycles. The number of carbonyl (C=O) groups excluding carboxylic acids is 2. The maximum Gasteiger partial charge on any atom is 0.244 e. The number of halogens is 2. The fourth-order valence-corrected chi connectivity index (χ4v) is 4.30. The molecule has 7 nitrogen and oxygen atoms in total. The largest absolute Gasteiger partial charge is 0.357 e. The molecule has 2 aromatic rings. The van der Waals surface area contributed by atoms with Crippen molar-refractivity contribution in [2.45, 2.75) is 25.9 Å². The lowest BCUT2D eigenvalue weighted by atomic mass is 10.1. The number of rotatable bonds is 9. The van der Waals surface area contributed by atoms with Crippen molar-refractivity contribution in [1.29, 1.82) is 0 Å². The van der Waals surface area contributed by atoms with Gasteiger partial charge in [-0.15, -0.1) is 0 Å². The van der Waals surface area contributed by atoms with Crippen LogP contribution in [0.2, 0.25) is 0 Å². The Labute approximate surface area is 195 Å². The molecule has 0 heterocycles. The third-order valence-electron chi connectivity index (χ3n) is 4.69. The number of amides is 2. The standard InChI is InChI=1S/C21H25FIN3O4S/c1-4-19(21(28)24-2)25(13-15-5-7-16(22)8-6-15)20(27)14-26(31(3,29)30)18-11-9-17(23)10-12-18/h5-12,19H,4,13-14H2,1-3H3,(H,24,28)/t19-/m1/s1. The van der Waals surface area contributed by atoms with E-state index in [4.69, 9.17) is 0 Å². The molecule has 1 atom stereocenters. The summed E-state index contributed by atoms with van der Waals surface area (Å²) >= 11 is 2.10. The topological polar surface area (TPSA) is 86.8 Å². The molecule has 168 valence electrons. The van der Waals surface area contributed by atoms with Gasteiger partial charge in [0.25, 0.3) is 0 Å². The van der Waals surface area contributed by atoms with Crippen LogP contribution in [0.1, 0.15) is 18.9 Å². The van der Waals surface area contributed by atoms with Crippen LogP contribution in [0.3, 0.4) is 0 Å². The van der Waals surface area contributed by atoms with Gasteiger partial charge in [0.1, 0.15) is 18.4 Å². The molecule has 0 radical (unpaired) electrons. The van der Waals surface area contributed by atoms with Gasteiger partial charge < -0.3 is 10.2 Å². The quantitative estimate of drug-likeness (QED) is 0.478. The Morgan fingerprint density at radius 3 is 2.16 bits per heavy atom. The highest BCUT2D eigenvalue weighted by atomic mass is 127. The summed E-state index contributed by atoms with van der Waals surface area (Å²) in [5.74, 6) is -1.32. The molecular weight excluding hydrogens is 536 g/mol. The van der Waals surface area contributed by atoms with Crippen LogP contribution >= 0.6 is 22.6 Å². The van der Waals surface area contributed by atoms with Crippen molar-refractivity contribution in [3.8, 4) is 0 Å². The van der Waals surface area contributed by atoms with Gasteiger partial charge in [0.2, 0.25) is 21.8 Å². The summed E-state index contributed by atoms with van der Waals surface area (Å²) in [6.07, 6.45) is 1.35. The van der Waals surface area contributed by atoms with E-state index in [0.717, 1.165) is 14.1 Å². The van der Waals surface area contributed by atoms with Crippen LogP contribution < -0.4 is 9.62 Å². The molecule has 31 heavy (non-hydrogen) atoms. The molecule has 0 aliphatic carbocycles. The van der Waals surface area contributed by atoms with Crippen molar-refractivity contribution < 1.29 is 22.4 Å². The van der Waals surface area contributed by atoms with Crippen molar-refractivity contribution in [3.63, 3.8) is 0 Å². The second-order valence-electron chi connectivity index (χ2n) is 6.93. The first-order valence-corrected chi connectivity index (χ1v) is 12.5. The fourth-order valence-electron chi connectivity index (χ4n) is 3.09. The van der Waals surface area contributed by atoms with E-state index in [2.05, 4.69) is 27.9 Å². The first kappa shape index (κ1) is 25.1. The minimum absolute atomic E-state index is 0.0370. The maximum atomic E-state index is 13.3. The number of nitrogens with zero attached hydrogens (tertiary/aromatic N) is 2. The molecule has 0 bridgehead atoms. The number of hydrogen-bond donors (Lipinski definition) is 1. The van der Waals surface area contributed by atoms with Crippen LogP contribution in [0.15, 0.2) is 48.5 Å². The molecular formula is C21H25FIN3O4S. The molecule has 0 unspecified atom stereocenters. The van der Waals surface area contributed by atoms with Crippen LogP contribution in [-0.2, 0) is 26.2 Å². The molecule has 0 aliphatic rings. The molecule has 0 saturated heterocycles. The molecule has 0 spiro atoms. The zero-order chi connectivity index (χ0) is 23.2. The van der Waals surface area contributed by atoms with E-state index in [1.807, 2.05) is 0 Å². The van der Waals surface area contributed by atoms with Crippen molar-refractivity contribution in [1.82, 2.24) is 10.2 Å². The smallest absolute Gasteiger partial charge is 0.244 e. The highest BCUT2D eigenvalue weighted by molar-refractivity contribution is 14.1. The van der Waals surface area contributed by atoms with E-state index < -0.39 is 34.3 Å². The summed E-state index contributed by atoms with van der Waals surface area (Å²) in [4.78, 5) is 27.1. The summed E-state index contributed by atoms with van der Waals surface area (Å²) in [5, 5.41) is 2.54. The molecule has 10 heteroatoms. The average molecular weight is 561 g/mol. The Morgan fingerprint density at radius 2 is 1.68 bits per heavy atom. The van der Waals surface area contributed by atoms with Crippen molar-refractivity contribution in [2.75, 3.05) is 24.2 Å². The number of benzene rings is 2. The Hall–Kier alpha value is -2.21. The predicted octanol–water partition coefficient (Wildman–Crippen LogP) is 2.75. The lowest BCUT2D eigenvalue weighted by molar-refractivity contribution is -0.140. The first-order chi connectivity index (χ1) is 14.6. The van der Waals surface area contributed by atoms with Crippen LogP contribution in [0.4, 0.5) is 10.1 Å².